The Balaban J connectivity index is 1.22. The highest BCUT2D eigenvalue weighted by atomic mass is 16.6. The highest BCUT2D eigenvalue weighted by Crippen LogP contribution is 2.44. The van der Waals surface area contributed by atoms with E-state index in [0.717, 1.165) is 38.9 Å². The van der Waals surface area contributed by atoms with Crippen LogP contribution in [-0.4, -0.2) is 60.4 Å². The largest absolute Gasteiger partial charge is 0.449 e. The van der Waals surface area contributed by atoms with Crippen LogP contribution in [-0.2, 0) is 34.1 Å². The fourth-order valence-corrected chi connectivity index (χ4v) is 7.77. The summed E-state index contributed by atoms with van der Waals surface area (Å²) in [4.78, 5) is 66.8. The predicted molar refractivity (Wildman–Crippen MR) is 230 cm³/mol. The van der Waals surface area contributed by atoms with Crippen LogP contribution >= 0.6 is 0 Å². The summed E-state index contributed by atoms with van der Waals surface area (Å²) in [5.41, 5.74) is 14.5. The lowest BCUT2D eigenvalue weighted by molar-refractivity contribution is -0.148. The van der Waals surface area contributed by atoms with Gasteiger partial charge in [-0.15, -0.1) is 0 Å². The van der Waals surface area contributed by atoms with Crippen LogP contribution in [0, 0.1) is 0 Å². The Labute approximate surface area is 355 Å². The molecule has 0 saturated carbocycles. The minimum Gasteiger partial charge on any atom is -0.449 e. The van der Waals surface area contributed by atoms with Crippen molar-refractivity contribution < 1.29 is 38.2 Å². The number of amides is 5. The van der Waals surface area contributed by atoms with E-state index in [1.807, 2.05) is 140 Å². The maximum Gasteiger partial charge on any atom is 0.407 e. The quantitative estimate of drug-likeness (QED) is 0.0577. The second-order valence-corrected chi connectivity index (χ2v) is 15.7. The third-order valence-corrected chi connectivity index (χ3v) is 10.3. The van der Waals surface area contributed by atoms with Crippen LogP contribution in [0.1, 0.15) is 74.3 Å². The van der Waals surface area contributed by atoms with E-state index in [2.05, 4.69) is 21.5 Å². The molecule has 0 aromatic heterocycles. The lowest BCUT2D eigenvalue weighted by atomic mass is 9.77. The van der Waals surface area contributed by atoms with E-state index in [0.29, 0.717) is 0 Å². The van der Waals surface area contributed by atoms with Crippen molar-refractivity contribution >= 4 is 29.9 Å². The Morgan fingerprint density at radius 3 is 1.59 bits per heavy atom. The van der Waals surface area contributed by atoms with Gasteiger partial charge in [-0.05, 0) is 73.1 Å². The Bertz CT molecular complexity index is 2180. The van der Waals surface area contributed by atoms with E-state index in [9.17, 15) is 24.0 Å². The van der Waals surface area contributed by atoms with Gasteiger partial charge in [-0.3, -0.25) is 25.2 Å². The molecule has 0 saturated heterocycles. The average molecular weight is 826 g/mol. The van der Waals surface area contributed by atoms with Gasteiger partial charge in [-0.25, -0.2) is 9.59 Å². The number of hydrogen-bond donors (Lipinski definition) is 5. The lowest BCUT2D eigenvalue weighted by Gasteiger charge is -2.37. The molecule has 6 rings (SSSR count). The molecule has 6 N–H and O–H groups in total. The molecule has 5 aromatic rings. The van der Waals surface area contributed by atoms with Crippen LogP contribution in [0.5, 0.6) is 0 Å². The summed E-state index contributed by atoms with van der Waals surface area (Å²) in [7, 11) is 0. The Kier molecular flexibility index (Phi) is 13.8. The molecule has 5 amide bonds. The first kappa shape index (κ1) is 43.6. The summed E-state index contributed by atoms with van der Waals surface area (Å²) in [5.74, 6) is -2.51. The van der Waals surface area contributed by atoms with Crippen molar-refractivity contribution in [1.82, 2.24) is 21.5 Å². The van der Waals surface area contributed by atoms with Gasteiger partial charge in [0, 0.05) is 12.3 Å². The molecule has 0 bridgehead atoms. The lowest BCUT2D eigenvalue weighted by Crippen LogP contribution is -2.57. The van der Waals surface area contributed by atoms with Crippen LogP contribution in [0.15, 0.2) is 140 Å². The van der Waals surface area contributed by atoms with Gasteiger partial charge in [0.05, 0.1) is 5.60 Å². The van der Waals surface area contributed by atoms with Gasteiger partial charge >= 0.3 is 12.2 Å². The highest BCUT2D eigenvalue weighted by molar-refractivity contribution is 5.90. The smallest absolute Gasteiger partial charge is 0.407 e. The summed E-state index contributed by atoms with van der Waals surface area (Å²) in [6, 6.07) is 43.0. The molecular formula is C48H51N5O8. The SMILES string of the molecule is C[C@@H](OC(C)(C)C)[C@H](OC(N)=O)C(=O)NNC(=O)[C@H](CCC(=O)NC(c1ccccc1)(c1ccccc1)c1ccccc1)NC(=O)OCC1c2ccccc2-c2ccccc21. The second kappa shape index (κ2) is 19.4. The fraction of sp³-hybridized carbons (Fsp3) is 0.271. The second-order valence-electron chi connectivity index (χ2n) is 15.7. The van der Waals surface area contributed by atoms with E-state index in [-0.39, 0.29) is 25.4 Å². The summed E-state index contributed by atoms with van der Waals surface area (Å²) >= 11 is 0. The van der Waals surface area contributed by atoms with Crippen molar-refractivity contribution in [3.8, 4) is 11.1 Å². The van der Waals surface area contributed by atoms with Crippen molar-refractivity contribution in [2.45, 2.75) is 75.8 Å². The number of alkyl carbamates (subject to hydrolysis) is 1. The van der Waals surface area contributed by atoms with E-state index in [1.54, 1.807) is 20.8 Å². The zero-order valence-electron chi connectivity index (χ0n) is 34.6. The number of benzene rings is 5. The number of primary amides is 1. The van der Waals surface area contributed by atoms with Crippen molar-refractivity contribution in [1.29, 1.82) is 0 Å². The Morgan fingerprint density at radius 1 is 0.656 bits per heavy atom. The number of fused-ring (bicyclic) bond motifs is 3. The number of hydrazine groups is 1. The van der Waals surface area contributed by atoms with Gasteiger partial charge in [0.2, 0.25) is 12.0 Å². The Hall–Kier alpha value is -6.99. The minimum absolute atomic E-state index is 0.0308. The number of nitrogens with two attached hydrogens (primary N) is 1. The number of hydrogen-bond acceptors (Lipinski definition) is 8. The zero-order valence-corrected chi connectivity index (χ0v) is 34.6. The minimum atomic E-state index is -1.54. The van der Waals surface area contributed by atoms with Crippen LogP contribution in [0.2, 0.25) is 0 Å². The topological polar surface area (TPSA) is 187 Å². The first-order valence-corrected chi connectivity index (χ1v) is 20.1. The Morgan fingerprint density at radius 2 is 1.11 bits per heavy atom. The monoisotopic (exact) mass is 825 g/mol. The third kappa shape index (κ3) is 10.6. The van der Waals surface area contributed by atoms with Crippen LogP contribution in [0.4, 0.5) is 9.59 Å². The van der Waals surface area contributed by atoms with Gasteiger partial charge in [0.1, 0.15) is 24.3 Å². The molecule has 0 heterocycles. The molecule has 0 radical (unpaired) electrons. The van der Waals surface area contributed by atoms with Crippen LogP contribution < -0.4 is 27.2 Å². The summed E-state index contributed by atoms with van der Waals surface area (Å²) in [6.07, 6.45) is -5.11. The first-order valence-electron chi connectivity index (χ1n) is 20.1. The van der Waals surface area contributed by atoms with Gasteiger partial charge in [0.15, 0.2) is 0 Å². The summed E-state index contributed by atoms with van der Waals surface area (Å²) in [6.45, 7) is 6.75. The van der Waals surface area contributed by atoms with Crippen LogP contribution in [0.25, 0.3) is 11.1 Å². The molecule has 316 valence electrons. The van der Waals surface area contributed by atoms with E-state index in [1.165, 1.54) is 6.92 Å². The molecule has 1 aliphatic carbocycles. The number of nitrogens with one attached hydrogen (secondary N) is 4. The van der Waals surface area contributed by atoms with Crippen LogP contribution in [0.3, 0.4) is 0 Å². The van der Waals surface area contributed by atoms with E-state index < -0.39 is 59.3 Å². The molecule has 13 heteroatoms. The molecule has 0 spiro atoms. The molecule has 3 atom stereocenters. The first-order chi connectivity index (χ1) is 29.3. The maximum atomic E-state index is 14.2. The molecular weight excluding hydrogens is 775 g/mol. The van der Waals surface area contributed by atoms with Gasteiger partial charge in [0.25, 0.3) is 11.8 Å². The van der Waals surface area contributed by atoms with Gasteiger partial charge in [-0.1, -0.05) is 140 Å². The number of ether oxygens (including phenoxy) is 3. The van der Waals surface area contributed by atoms with Crippen molar-refractivity contribution in [2.75, 3.05) is 6.61 Å². The van der Waals surface area contributed by atoms with Crippen molar-refractivity contribution in [3.05, 3.63) is 167 Å². The molecule has 5 aromatic carbocycles. The summed E-state index contributed by atoms with van der Waals surface area (Å²) < 4.78 is 16.6. The van der Waals surface area contributed by atoms with E-state index >= 15 is 0 Å². The molecule has 1 aliphatic rings. The maximum absolute atomic E-state index is 14.2. The average Bonchev–Trinajstić information content (AvgIpc) is 3.58. The molecule has 0 fully saturated rings. The molecule has 13 nitrogen and oxygen atoms in total. The normalized spacial score (nSPS) is 13.6. The van der Waals surface area contributed by atoms with Gasteiger partial charge in [-0.2, -0.15) is 0 Å². The predicted octanol–water partition coefficient (Wildman–Crippen LogP) is 6.60. The molecule has 61 heavy (non-hydrogen) atoms. The summed E-state index contributed by atoms with van der Waals surface area (Å²) in [5, 5.41) is 5.87. The van der Waals surface area contributed by atoms with Gasteiger partial charge < -0.3 is 30.6 Å². The molecule has 0 unspecified atom stereocenters. The fourth-order valence-electron chi connectivity index (χ4n) is 7.77. The number of carbonyl (C=O) groups is 5. The standard InChI is InChI=1S/C48H51N5O8/c1-31(61-47(2,3)4)42(60-45(49)57)44(56)53-52-43(55)40(50-46(58)59-30-39-37-26-16-14-24-35(37)36-25-15-17-27-38(36)39)28-29-41(54)51-48(32-18-8-5-9-19-32,33-20-10-6-11-21-33)34-22-12-7-13-23-34/h5-27,31,39-40,42H,28-30H2,1-4H3,(H2,49,57)(H,50,58)(H,51,54)(H,52,55)(H,53,56)/t31-,40+,42+/m1/s1. The number of carbonyl (C=O) groups excluding carboxylic acids is 5. The third-order valence-electron chi connectivity index (χ3n) is 10.3. The highest BCUT2D eigenvalue weighted by Gasteiger charge is 2.39. The van der Waals surface area contributed by atoms with Crippen molar-refractivity contribution in [2.24, 2.45) is 5.73 Å². The van der Waals surface area contributed by atoms with Crippen molar-refractivity contribution in [3.63, 3.8) is 0 Å². The van der Waals surface area contributed by atoms with E-state index in [4.69, 9.17) is 19.9 Å². The number of rotatable bonds is 15. The zero-order chi connectivity index (χ0) is 43.6. The molecule has 0 aliphatic heterocycles.